The summed E-state index contributed by atoms with van der Waals surface area (Å²) in [5, 5.41) is 1.27. The van der Waals surface area contributed by atoms with Gasteiger partial charge in [0.2, 0.25) is 0 Å². The fourth-order valence-electron chi connectivity index (χ4n) is 2.14. The van der Waals surface area contributed by atoms with E-state index < -0.39 is 0 Å². The summed E-state index contributed by atoms with van der Waals surface area (Å²) in [4.78, 5) is 3.30. The van der Waals surface area contributed by atoms with Gasteiger partial charge in [-0.15, -0.1) is 0 Å². The Morgan fingerprint density at radius 3 is 2.59 bits per heavy atom. The van der Waals surface area contributed by atoms with Gasteiger partial charge in [-0.1, -0.05) is 33.8 Å². The second kappa shape index (κ2) is 4.19. The van der Waals surface area contributed by atoms with Crippen molar-refractivity contribution in [2.45, 2.75) is 45.6 Å². The van der Waals surface area contributed by atoms with E-state index in [0.29, 0.717) is 0 Å². The van der Waals surface area contributed by atoms with Crippen LogP contribution in [-0.2, 0) is 5.41 Å². The molecule has 92 valence electrons. The molecule has 0 amide bonds. The third-order valence-corrected chi connectivity index (χ3v) is 3.42. The molecule has 0 fully saturated rings. The Balaban J connectivity index is 2.58. The van der Waals surface area contributed by atoms with E-state index in [1.807, 2.05) is 6.20 Å². The van der Waals surface area contributed by atoms with E-state index in [9.17, 15) is 0 Å². The van der Waals surface area contributed by atoms with E-state index in [0.717, 1.165) is 6.42 Å². The number of nitrogens with two attached hydrogens (primary N) is 1. The molecule has 2 nitrogen and oxygen atoms in total. The van der Waals surface area contributed by atoms with E-state index in [2.05, 4.69) is 50.9 Å². The second-order valence-electron chi connectivity index (χ2n) is 5.77. The van der Waals surface area contributed by atoms with Crippen molar-refractivity contribution in [1.82, 2.24) is 4.98 Å². The molecule has 2 heteroatoms. The van der Waals surface area contributed by atoms with E-state index in [4.69, 9.17) is 5.73 Å². The fraction of sp³-hybridized carbons (Fsp3) is 0.467. The normalized spacial score (nSPS) is 14.2. The zero-order valence-corrected chi connectivity index (χ0v) is 11.2. The minimum atomic E-state index is 0.124. The Bertz CT molecular complexity index is 517. The number of hydrogen-bond acceptors (Lipinski definition) is 1. The number of aromatic nitrogens is 1. The zero-order chi connectivity index (χ0) is 12.6. The first-order valence-electron chi connectivity index (χ1n) is 6.30. The Labute approximate surface area is 103 Å². The first kappa shape index (κ1) is 12.2. The number of aromatic amines is 1. The van der Waals surface area contributed by atoms with Gasteiger partial charge in [-0.25, -0.2) is 0 Å². The predicted molar refractivity (Wildman–Crippen MR) is 74.2 cm³/mol. The molecule has 2 rings (SSSR count). The lowest BCUT2D eigenvalue weighted by atomic mass is 9.86. The third kappa shape index (κ3) is 2.22. The first-order chi connectivity index (χ1) is 7.93. The lowest BCUT2D eigenvalue weighted by Crippen LogP contribution is -2.11. The predicted octanol–water partition coefficient (Wildman–Crippen LogP) is 3.88. The maximum absolute atomic E-state index is 6.14. The van der Waals surface area contributed by atoms with Gasteiger partial charge in [-0.2, -0.15) is 0 Å². The van der Waals surface area contributed by atoms with Crippen LogP contribution in [0.5, 0.6) is 0 Å². The van der Waals surface area contributed by atoms with Gasteiger partial charge in [-0.05, 0) is 35.1 Å². The summed E-state index contributed by atoms with van der Waals surface area (Å²) in [5.41, 5.74) is 10.1. The van der Waals surface area contributed by atoms with E-state index in [1.165, 1.54) is 22.0 Å². The SMILES string of the molecule is CCC(N)c1c[nH]c2ccc(C(C)(C)C)cc12. The van der Waals surface area contributed by atoms with Crippen LogP contribution in [0.4, 0.5) is 0 Å². The monoisotopic (exact) mass is 230 g/mol. The van der Waals surface area contributed by atoms with Gasteiger partial charge in [0.05, 0.1) is 0 Å². The van der Waals surface area contributed by atoms with Gasteiger partial charge < -0.3 is 10.7 Å². The molecule has 1 atom stereocenters. The van der Waals surface area contributed by atoms with Crippen LogP contribution in [0.25, 0.3) is 10.9 Å². The Kier molecular flexibility index (Phi) is 3.00. The molecule has 0 aliphatic heterocycles. The van der Waals surface area contributed by atoms with Crippen LogP contribution in [-0.4, -0.2) is 4.98 Å². The molecule has 1 unspecified atom stereocenters. The van der Waals surface area contributed by atoms with Crippen molar-refractivity contribution in [2.24, 2.45) is 5.73 Å². The van der Waals surface area contributed by atoms with Gasteiger partial charge >= 0.3 is 0 Å². The van der Waals surface area contributed by atoms with Crippen LogP contribution in [0.2, 0.25) is 0 Å². The van der Waals surface area contributed by atoms with Crippen molar-refractivity contribution in [1.29, 1.82) is 0 Å². The third-order valence-electron chi connectivity index (χ3n) is 3.42. The van der Waals surface area contributed by atoms with Crippen molar-refractivity contribution in [3.8, 4) is 0 Å². The van der Waals surface area contributed by atoms with Crippen LogP contribution >= 0.6 is 0 Å². The molecule has 0 saturated heterocycles. The summed E-state index contributed by atoms with van der Waals surface area (Å²) in [7, 11) is 0. The number of hydrogen-bond donors (Lipinski definition) is 2. The molecule has 0 saturated carbocycles. The Hall–Kier alpha value is -1.28. The molecule has 1 aromatic carbocycles. The number of nitrogens with one attached hydrogen (secondary N) is 1. The molecule has 2 aromatic rings. The van der Waals surface area contributed by atoms with E-state index >= 15 is 0 Å². The number of rotatable bonds is 2. The van der Waals surface area contributed by atoms with Gasteiger partial charge in [-0.3, -0.25) is 0 Å². The van der Waals surface area contributed by atoms with Crippen LogP contribution in [0.3, 0.4) is 0 Å². The number of benzene rings is 1. The molecule has 0 spiro atoms. The van der Waals surface area contributed by atoms with Gasteiger partial charge in [0, 0.05) is 23.1 Å². The molecular weight excluding hydrogens is 208 g/mol. The van der Waals surface area contributed by atoms with Crippen molar-refractivity contribution in [2.75, 3.05) is 0 Å². The molecule has 3 N–H and O–H groups in total. The quantitative estimate of drug-likeness (QED) is 0.807. The molecule has 0 aliphatic rings. The molecule has 1 heterocycles. The minimum absolute atomic E-state index is 0.124. The van der Waals surface area contributed by atoms with Crippen molar-refractivity contribution in [3.63, 3.8) is 0 Å². The average molecular weight is 230 g/mol. The maximum Gasteiger partial charge on any atom is 0.0457 e. The lowest BCUT2D eigenvalue weighted by Gasteiger charge is -2.19. The molecule has 1 aromatic heterocycles. The Morgan fingerprint density at radius 2 is 2.00 bits per heavy atom. The summed E-state index contributed by atoms with van der Waals surface area (Å²) in [5.74, 6) is 0. The Morgan fingerprint density at radius 1 is 1.29 bits per heavy atom. The highest BCUT2D eigenvalue weighted by atomic mass is 14.7. The number of fused-ring (bicyclic) bond motifs is 1. The summed E-state index contributed by atoms with van der Waals surface area (Å²) < 4.78 is 0. The second-order valence-corrected chi connectivity index (χ2v) is 5.77. The van der Waals surface area contributed by atoms with Crippen molar-refractivity contribution < 1.29 is 0 Å². The van der Waals surface area contributed by atoms with Crippen LogP contribution in [0.15, 0.2) is 24.4 Å². The summed E-state index contributed by atoms with van der Waals surface area (Å²) in [6.07, 6.45) is 3.01. The average Bonchev–Trinajstić information content (AvgIpc) is 2.69. The lowest BCUT2D eigenvalue weighted by molar-refractivity contribution is 0.591. The van der Waals surface area contributed by atoms with E-state index in [1.54, 1.807) is 0 Å². The maximum atomic E-state index is 6.14. The highest BCUT2D eigenvalue weighted by Gasteiger charge is 2.16. The van der Waals surface area contributed by atoms with E-state index in [-0.39, 0.29) is 11.5 Å². The zero-order valence-electron chi connectivity index (χ0n) is 11.2. The molecule has 0 radical (unpaired) electrons. The van der Waals surface area contributed by atoms with Gasteiger partial charge in [0.15, 0.2) is 0 Å². The van der Waals surface area contributed by atoms with Crippen LogP contribution < -0.4 is 5.73 Å². The van der Waals surface area contributed by atoms with Gasteiger partial charge in [0.25, 0.3) is 0 Å². The van der Waals surface area contributed by atoms with Crippen molar-refractivity contribution in [3.05, 3.63) is 35.5 Å². The largest absolute Gasteiger partial charge is 0.361 e. The number of H-pyrrole nitrogens is 1. The van der Waals surface area contributed by atoms with Crippen LogP contribution in [0.1, 0.15) is 51.3 Å². The first-order valence-corrected chi connectivity index (χ1v) is 6.30. The highest BCUT2D eigenvalue weighted by Crippen LogP contribution is 2.30. The fourth-order valence-corrected chi connectivity index (χ4v) is 2.14. The summed E-state index contributed by atoms with van der Waals surface area (Å²) in [6.45, 7) is 8.83. The topological polar surface area (TPSA) is 41.8 Å². The molecule has 17 heavy (non-hydrogen) atoms. The molecule has 0 aliphatic carbocycles. The van der Waals surface area contributed by atoms with Gasteiger partial charge in [0.1, 0.15) is 0 Å². The molecular formula is C15H22N2. The highest BCUT2D eigenvalue weighted by molar-refractivity contribution is 5.84. The summed E-state index contributed by atoms with van der Waals surface area (Å²) >= 11 is 0. The molecule has 0 bridgehead atoms. The standard InChI is InChI=1S/C15H22N2/c1-5-13(16)12-9-17-14-7-6-10(8-11(12)14)15(2,3)4/h6-9,13,17H,5,16H2,1-4H3. The van der Waals surface area contributed by atoms with Crippen molar-refractivity contribution >= 4 is 10.9 Å². The summed E-state index contributed by atoms with van der Waals surface area (Å²) in [6, 6.07) is 6.75. The minimum Gasteiger partial charge on any atom is -0.361 e. The van der Waals surface area contributed by atoms with Crippen LogP contribution in [0, 0.1) is 0 Å². The smallest absolute Gasteiger partial charge is 0.0457 e.